The van der Waals surface area contributed by atoms with E-state index in [2.05, 4.69) is 27.0 Å². The number of hydrogen-bond donors (Lipinski definition) is 1. The van der Waals surface area contributed by atoms with Gasteiger partial charge in [-0.05, 0) is 31.6 Å². The van der Waals surface area contributed by atoms with Crippen LogP contribution in [0.2, 0.25) is 0 Å². The zero-order chi connectivity index (χ0) is 26.5. The van der Waals surface area contributed by atoms with Crippen molar-refractivity contribution < 1.29 is 19.5 Å². The molecule has 3 aliphatic rings. The lowest BCUT2D eigenvalue weighted by Gasteiger charge is -2.41. The summed E-state index contributed by atoms with van der Waals surface area (Å²) in [6.07, 6.45) is 8.57. The second-order valence-corrected chi connectivity index (χ2v) is 12.1. The summed E-state index contributed by atoms with van der Waals surface area (Å²) in [4.78, 5) is 47.6. The molecule has 3 rings (SSSR count). The van der Waals surface area contributed by atoms with Crippen LogP contribution in [0.3, 0.4) is 0 Å². The van der Waals surface area contributed by atoms with Crippen LogP contribution in [-0.2, 0) is 14.4 Å². The number of carbonyl (C=O) groups is 3. The average Bonchev–Trinajstić information content (AvgIpc) is 3.45. The molecule has 2 bridgehead atoms. The van der Waals surface area contributed by atoms with Crippen LogP contribution in [0.4, 0.5) is 0 Å². The smallest absolute Gasteiger partial charge is 0.247 e. The highest BCUT2D eigenvalue weighted by Crippen LogP contribution is 2.68. The van der Waals surface area contributed by atoms with Gasteiger partial charge in [-0.1, -0.05) is 45.8 Å². The molecule has 202 valence electrons. The molecule has 7 nitrogen and oxygen atoms in total. The molecular weight excluding hydrogens is 474 g/mol. The van der Waals surface area contributed by atoms with Gasteiger partial charge in [-0.25, -0.2) is 0 Å². The molecule has 0 aromatic heterocycles. The molecule has 1 N–H and O–H groups in total. The maximum atomic E-state index is 14.2. The number of amides is 3. The number of rotatable bonds is 15. The Hall–Kier alpha value is -1.80. The SMILES string of the molecule is C=CCN(CCCCC)C(=O)C1N(CCCO)C(=O)[C@@H]2[C@H](C(=O)N(CC=C)CCC)[C@@H]3CC(C)C12S3. The molecule has 3 unspecified atom stereocenters. The molecule has 6 atom stereocenters. The Bertz CT molecular complexity index is 836. The van der Waals surface area contributed by atoms with E-state index < -0.39 is 22.6 Å². The van der Waals surface area contributed by atoms with Crippen LogP contribution in [0.25, 0.3) is 0 Å². The van der Waals surface area contributed by atoms with Gasteiger partial charge in [-0.15, -0.1) is 24.9 Å². The van der Waals surface area contributed by atoms with Gasteiger partial charge in [0.15, 0.2) is 0 Å². The van der Waals surface area contributed by atoms with Crippen molar-refractivity contribution in [3.05, 3.63) is 25.3 Å². The largest absolute Gasteiger partial charge is 0.396 e. The zero-order valence-corrected chi connectivity index (χ0v) is 23.2. The molecular formula is C28H45N3O4S. The maximum Gasteiger partial charge on any atom is 0.247 e. The minimum Gasteiger partial charge on any atom is -0.396 e. The van der Waals surface area contributed by atoms with Crippen molar-refractivity contribution in [2.24, 2.45) is 17.8 Å². The summed E-state index contributed by atoms with van der Waals surface area (Å²) in [5.74, 6) is -0.913. The number of fused-ring (bicyclic) bond motifs is 1. The number of unbranched alkanes of at least 4 members (excludes halogenated alkanes) is 2. The molecule has 0 aromatic carbocycles. The first-order chi connectivity index (χ1) is 17.3. The van der Waals surface area contributed by atoms with E-state index in [1.165, 1.54) is 0 Å². The minimum atomic E-state index is -0.620. The molecule has 3 heterocycles. The molecule has 0 radical (unpaired) electrons. The van der Waals surface area contributed by atoms with E-state index in [0.717, 1.165) is 32.1 Å². The van der Waals surface area contributed by atoms with Crippen molar-refractivity contribution in [1.82, 2.24) is 14.7 Å². The van der Waals surface area contributed by atoms with Gasteiger partial charge >= 0.3 is 0 Å². The van der Waals surface area contributed by atoms with Crippen LogP contribution < -0.4 is 0 Å². The number of thioether (sulfide) groups is 1. The third-order valence-electron chi connectivity index (χ3n) is 8.17. The van der Waals surface area contributed by atoms with Crippen molar-refractivity contribution in [2.75, 3.05) is 39.3 Å². The van der Waals surface area contributed by atoms with Gasteiger partial charge in [0.2, 0.25) is 17.7 Å². The summed E-state index contributed by atoms with van der Waals surface area (Å²) < 4.78 is -0.620. The van der Waals surface area contributed by atoms with Gasteiger partial charge in [-0.2, -0.15) is 0 Å². The van der Waals surface area contributed by atoms with Gasteiger partial charge in [0, 0.05) is 44.6 Å². The van der Waals surface area contributed by atoms with E-state index in [4.69, 9.17) is 0 Å². The zero-order valence-electron chi connectivity index (χ0n) is 22.4. The van der Waals surface area contributed by atoms with Gasteiger partial charge in [0.1, 0.15) is 6.04 Å². The molecule has 1 spiro atoms. The number of aliphatic hydroxyl groups is 1. The summed E-state index contributed by atoms with van der Waals surface area (Å²) in [7, 11) is 0. The molecule has 3 saturated heterocycles. The second-order valence-electron chi connectivity index (χ2n) is 10.5. The predicted molar refractivity (Wildman–Crippen MR) is 145 cm³/mol. The fourth-order valence-electron chi connectivity index (χ4n) is 6.66. The van der Waals surface area contributed by atoms with E-state index in [1.54, 1.807) is 28.8 Å². The summed E-state index contributed by atoms with van der Waals surface area (Å²) in [6, 6.07) is -0.620. The summed E-state index contributed by atoms with van der Waals surface area (Å²) >= 11 is 1.72. The Morgan fingerprint density at radius 1 is 1.08 bits per heavy atom. The number of nitrogens with zero attached hydrogens (tertiary/aromatic N) is 3. The van der Waals surface area contributed by atoms with Crippen molar-refractivity contribution in [2.45, 2.75) is 75.3 Å². The summed E-state index contributed by atoms with van der Waals surface area (Å²) in [5.41, 5.74) is 0. The fourth-order valence-corrected chi connectivity index (χ4v) is 9.07. The van der Waals surface area contributed by atoms with Crippen molar-refractivity contribution >= 4 is 29.5 Å². The number of carbonyl (C=O) groups excluding carboxylic acids is 3. The quantitative estimate of drug-likeness (QED) is 0.265. The van der Waals surface area contributed by atoms with Gasteiger partial charge < -0.3 is 19.8 Å². The van der Waals surface area contributed by atoms with Crippen molar-refractivity contribution in [3.63, 3.8) is 0 Å². The average molecular weight is 520 g/mol. The van der Waals surface area contributed by atoms with Gasteiger partial charge in [0.25, 0.3) is 0 Å². The first-order valence-corrected chi connectivity index (χ1v) is 14.6. The number of hydrogen-bond acceptors (Lipinski definition) is 5. The van der Waals surface area contributed by atoms with Crippen molar-refractivity contribution in [3.8, 4) is 0 Å². The van der Waals surface area contributed by atoms with Crippen LogP contribution >= 0.6 is 11.8 Å². The third-order valence-corrected chi connectivity index (χ3v) is 10.2. The third kappa shape index (κ3) is 5.00. The normalized spacial score (nSPS) is 30.4. The molecule has 36 heavy (non-hydrogen) atoms. The molecule has 0 aromatic rings. The number of aliphatic hydroxyl groups excluding tert-OH is 1. The summed E-state index contributed by atoms with van der Waals surface area (Å²) in [6.45, 7) is 16.5. The standard InChI is InChI=1S/C28H45N3O4S/c1-6-10-11-16-30(15-9-4)27(35)24-28-20(5)19-21(36-28)22(25(33)29(13-7-2)14-8-3)23(28)26(34)31(24)17-12-18-32/h7,9,20-24,32H,2,4,6,8,10-19H2,1,3,5H3/t20?,21-,22+,23-,24?,28?/m0/s1. The highest BCUT2D eigenvalue weighted by molar-refractivity contribution is 8.02. The van der Waals surface area contributed by atoms with Crippen LogP contribution in [0.15, 0.2) is 25.3 Å². The van der Waals surface area contributed by atoms with Crippen LogP contribution in [0, 0.1) is 17.8 Å². The van der Waals surface area contributed by atoms with Gasteiger partial charge in [-0.3, -0.25) is 14.4 Å². The van der Waals surface area contributed by atoms with Crippen LogP contribution in [0.5, 0.6) is 0 Å². The second kappa shape index (κ2) is 12.6. The summed E-state index contributed by atoms with van der Waals surface area (Å²) in [5, 5.41) is 9.60. The highest BCUT2D eigenvalue weighted by atomic mass is 32.2. The van der Waals surface area contributed by atoms with E-state index in [-0.39, 0.29) is 35.5 Å². The highest BCUT2D eigenvalue weighted by Gasteiger charge is 2.76. The van der Waals surface area contributed by atoms with E-state index in [9.17, 15) is 19.5 Å². The van der Waals surface area contributed by atoms with Crippen molar-refractivity contribution in [1.29, 1.82) is 0 Å². The lowest BCUT2D eigenvalue weighted by molar-refractivity contribution is -0.145. The maximum absolute atomic E-state index is 14.2. The Kier molecular flexibility index (Phi) is 10.1. The molecule has 3 amide bonds. The first kappa shape index (κ1) is 28.8. The van der Waals surface area contributed by atoms with Gasteiger partial charge in [0.05, 0.1) is 16.6 Å². The van der Waals surface area contributed by atoms with Crippen LogP contribution in [-0.4, -0.2) is 92.9 Å². The Balaban J connectivity index is 2.02. The fraction of sp³-hybridized carbons (Fsp3) is 0.750. The minimum absolute atomic E-state index is 0.0162. The molecule has 3 aliphatic heterocycles. The topological polar surface area (TPSA) is 81.2 Å². The molecule has 0 aliphatic carbocycles. The molecule has 3 fully saturated rings. The lowest BCUT2D eigenvalue weighted by atomic mass is 9.65. The first-order valence-electron chi connectivity index (χ1n) is 13.7. The monoisotopic (exact) mass is 519 g/mol. The molecule has 0 saturated carbocycles. The Morgan fingerprint density at radius 3 is 2.33 bits per heavy atom. The predicted octanol–water partition coefficient (Wildman–Crippen LogP) is 3.34. The van der Waals surface area contributed by atoms with Crippen LogP contribution in [0.1, 0.15) is 59.3 Å². The van der Waals surface area contributed by atoms with E-state index in [0.29, 0.717) is 39.1 Å². The lowest BCUT2D eigenvalue weighted by Crippen LogP contribution is -2.57. The molecule has 8 heteroatoms. The van der Waals surface area contributed by atoms with E-state index >= 15 is 0 Å². The van der Waals surface area contributed by atoms with E-state index in [1.807, 2.05) is 16.7 Å². The Labute approximate surface area is 221 Å². The number of likely N-dealkylation sites (tertiary alicyclic amines) is 1. The Morgan fingerprint density at radius 2 is 1.75 bits per heavy atom.